The van der Waals surface area contributed by atoms with E-state index in [1.54, 1.807) is 7.05 Å². The SMILES string of the molecule is CNC(=O)[C@H]1CN(C(=O)C(C)C)CCN1Cc1ccccc1. The predicted molar refractivity (Wildman–Crippen MR) is 86.1 cm³/mol. The van der Waals surface area contributed by atoms with Crippen LogP contribution in [-0.2, 0) is 16.1 Å². The lowest BCUT2D eigenvalue weighted by atomic mass is 10.1. The molecule has 1 atom stereocenters. The normalized spacial score (nSPS) is 19.3. The van der Waals surface area contributed by atoms with Gasteiger partial charge in [0.25, 0.3) is 0 Å². The lowest BCUT2D eigenvalue weighted by Crippen LogP contribution is -2.59. The van der Waals surface area contributed by atoms with Crippen molar-refractivity contribution in [1.29, 1.82) is 0 Å². The van der Waals surface area contributed by atoms with E-state index < -0.39 is 0 Å². The Morgan fingerprint density at radius 1 is 1.23 bits per heavy atom. The number of piperazine rings is 1. The number of nitrogens with zero attached hydrogens (tertiary/aromatic N) is 2. The molecule has 0 radical (unpaired) electrons. The molecule has 1 N–H and O–H groups in total. The predicted octanol–water partition coefficient (Wildman–Crippen LogP) is 1.10. The highest BCUT2D eigenvalue weighted by molar-refractivity contribution is 5.84. The number of nitrogens with one attached hydrogen (secondary N) is 1. The first-order valence-corrected chi connectivity index (χ1v) is 7.81. The number of benzene rings is 1. The van der Waals surface area contributed by atoms with Gasteiger partial charge in [-0.25, -0.2) is 0 Å². The summed E-state index contributed by atoms with van der Waals surface area (Å²) < 4.78 is 0. The van der Waals surface area contributed by atoms with Crippen LogP contribution in [0.15, 0.2) is 30.3 Å². The molecule has 0 aliphatic carbocycles. The number of carbonyl (C=O) groups excluding carboxylic acids is 2. The highest BCUT2D eigenvalue weighted by Crippen LogP contribution is 2.16. The summed E-state index contributed by atoms with van der Waals surface area (Å²) in [6.07, 6.45) is 0. The zero-order valence-electron chi connectivity index (χ0n) is 13.6. The second kappa shape index (κ2) is 7.40. The summed E-state index contributed by atoms with van der Waals surface area (Å²) in [5.41, 5.74) is 1.18. The van der Waals surface area contributed by atoms with Gasteiger partial charge in [-0.05, 0) is 5.56 Å². The van der Waals surface area contributed by atoms with Gasteiger partial charge >= 0.3 is 0 Å². The van der Waals surface area contributed by atoms with Crippen LogP contribution in [0.3, 0.4) is 0 Å². The van der Waals surface area contributed by atoms with Crippen molar-refractivity contribution < 1.29 is 9.59 Å². The Morgan fingerprint density at radius 3 is 2.50 bits per heavy atom. The number of amides is 2. The summed E-state index contributed by atoms with van der Waals surface area (Å²) in [7, 11) is 1.65. The lowest BCUT2D eigenvalue weighted by molar-refractivity contribution is -0.140. The van der Waals surface area contributed by atoms with E-state index in [2.05, 4.69) is 22.3 Å². The summed E-state index contributed by atoms with van der Waals surface area (Å²) in [6, 6.07) is 9.82. The molecule has 5 heteroatoms. The van der Waals surface area contributed by atoms with Crippen LogP contribution in [0.5, 0.6) is 0 Å². The second-order valence-corrected chi connectivity index (χ2v) is 6.03. The molecule has 2 rings (SSSR count). The van der Waals surface area contributed by atoms with E-state index in [1.807, 2.05) is 36.9 Å². The summed E-state index contributed by atoms with van der Waals surface area (Å²) in [5, 5.41) is 2.72. The largest absolute Gasteiger partial charge is 0.358 e. The zero-order chi connectivity index (χ0) is 16.1. The molecular weight excluding hydrogens is 278 g/mol. The molecule has 1 fully saturated rings. The van der Waals surface area contributed by atoms with Crippen LogP contribution in [0.1, 0.15) is 19.4 Å². The molecule has 1 aromatic rings. The maximum Gasteiger partial charge on any atom is 0.238 e. The van der Waals surface area contributed by atoms with Gasteiger partial charge in [-0.3, -0.25) is 14.5 Å². The first-order valence-electron chi connectivity index (χ1n) is 7.81. The van der Waals surface area contributed by atoms with Gasteiger partial charge in [0, 0.05) is 39.1 Å². The molecular formula is C17H25N3O2. The topological polar surface area (TPSA) is 52.7 Å². The zero-order valence-corrected chi connectivity index (χ0v) is 13.6. The van der Waals surface area contributed by atoms with Crippen LogP contribution in [0.25, 0.3) is 0 Å². The molecule has 0 saturated carbocycles. The van der Waals surface area contributed by atoms with E-state index in [-0.39, 0.29) is 23.8 Å². The first-order chi connectivity index (χ1) is 10.5. The molecule has 0 spiro atoms. The molecule has 1 saturated heterocycles. The van der Waals surface area contributed by atoms with Crippen molar-refractivity contribution in [3.63, 3.8) is 0 Å². The van der Waals surface area contributed by atoms with Crippen LogP contribution in [0, 0.1) is 5.92 Å². The van der Waals surface area contributed by atoms with E-state index in [4.69, 9.17) is 0 Å². The van der Waals surface area contributed by atoms with Crippen molar-refractivity contribution in [3.05, 3.63) is 35.9 Å². The third kappa shape index (κ3) is 3.85. The number of rotatable bonds is 4. The fourth-order valence-corrected chi connectivity index (χ4v) is 2.81. The molecule has 0 aromatic heterocycles. The molecule has 120 valence electrons. The number of likely N-dealkylation sites (N-methyl/N-ethyl adjacent to an activating group) is 1. The second-order valence-electron chi connectivity index (χ2n) is 6.03. The minimum absolute atomic E-state index is 0.0304. The van der Waals surface area contributed by atoms with E-state index in [0.29, 0.717) is 19.6 Å². The van der Waals surface area contributed by atoms with Gasteiger partial charge in [0.15, 0.2) is 0 Å². The van der Waals surface area contributed by atoms with Crippen LogP contribution < -0.4 is 5.32 Å². The van der Waals surface area contributed by atoms with Gasteiger partial charge in [0.2, 0.25) is 11.8 Å². The Labute approximate surface area is 132 Å². The van der Waals surface area contributed by atoms with E-state index in [9.17, 15) is 9.59 Å². The Hall–Kier alpha value is -1.88. The van der Waals surface area contributed by atoms with E-state index in [1.165, 1.54) is 5.56 Å². The van der Waals surface area contributed by atoms with Gasteiger partial charge in [0.05, 0.1) is 0 Å². The molecule has 0 unspecified atom stereocenters. The Kier molecular flexibility index (Phi) is 5.55. The first kappa shape index (κ1) is 16.5. The quantitative estimate of drug-likeness (QED) is 0.906. The third-order valence-corrected chi connectivity index (χ3v) is 4.07. The van der Waals surface area contributed by atoms with Crippen LogP contribution in [0.4, 0.5) is 0 Å². The summed E-state index contributed by atoms with van der Waals surface area (Å²) in [5.74, 6) is 0.0523. The highest BCUT2D eigenvalue weighted by Gasteiger charge is 2.34. The van der Waals surface area contributed by atoms with Crippen molar-refractivity contribution in [2.75, 3.05) is 26.7 Å². The summed E-state index contributed by atoms with van der Waals surface area (Å²) in [4.78, 5) is 28.4. The highest BCUT2D eigenvalue weighted by atomic mass is 16.2. The van der Waals surface area contributed by atoms with Crippen molar-refractivity contribution >= 4 is 11.8 Å². The van der Waals surface area contributed by atoms with Gasteiger partial charge < -0.3 is 10.2 Å². The van der Waals surface area contributed by atoms with Crippen molar-refractivity contribution in [1.82, 2.24) is 15.1 Å². The van der Waals surface area contributed by atoms with Crippen molar-refractivity contribution in [2.24, 2.45) is 5.92 Å². The fraction of sp³-hybridized carbons (Fsp3) is 0.529. The molecule has 1 heterocycles. The summed E-state index contributed by atoms with van der Waals surface area (Å²) >= 11 is 0. The smallest absolute Gasteiger partial charge is 0.238 e. The van der Waals surface area contributed by atoms with E-state index in [0.717, 1.165) is 6.54 Å². The Morgan fingerprint density at radius 2 is 1.91 bits per heavy atom. The molecule has 1 aliphatic rings. The fourth-order valence-electron chi connectivity index (χ4n) is 2.81. The maximum atomic E-state index is 12.2. The summed E-state index contributed by atoms with van der Waals surface area (Å²) in [6.45, 7) is 6.37. The average Bonchev–Trinajstić information content (AvgIpc) is 2.54. The average molecular weight is 303 g/mol. The monoisotopic (exact) mass is 303 g/mol. The minimum atomic E-state index is -0.290. The van der Waals surface area contributed by atoms with Gasteiger partial charge in [-0.2, -0.15) is 0 Å². The van der Waals surface area contributed by atoms with Crippen LogP contribution >= 0.6 is 0 Å². The molecule has 5 nitrogen and oxygen atoms in total. The van der Waals surface area contributed by atoms with E-state index >= 15 is 0 Å². The lowest BCUT2D eigenvalue weighted by Gasteiger charge is -2.41. The van der Waals surface area contributed by atoms with Gasteiger partial charge in [-0.15, -0.1) is 0 Å². The van der Waals surface area contributed by atoms with Crippen LogP contribution in [0.2, 0.25) is 0 Å². The number of hydrogen-bond donors (Lipinski definition) is 1. The Bertz CT molecular complexity index is 516. The molecule has 2 amide bonds. The Balaban J connectivity index is 2.10. The molecule has 0 bridgehead atoms. The van der Waals surface area contributed by atoms with Crippen molar-refractivity contribution in [2.45, 2.75) is 26.4 Å². The molecule has 1 aromatic carbocycles. The van der Waals surface area contributed by atoms with Gasteiger partial charge in [0.1, 0.15) is 6.04 Å². The number of carbonyl (C=O) groups is 2. The number of hydrogen-bond acceptors (Lipinski definition) is 3. The maximum absolute atomic E-state index is 12.2. The van der Waals surface area contributed by atoms with Crippen molar-refractivity contribution in [3.8, 4) is 0 Å². The minimum Gasteiger partial charge on any atom is -0.358 e. The molecule has 1 aliphatic heterocycles. The van der Waals surface area contributed by atoms with Gasteiger partial charge in [-0.1, -0.05) is 44.2 Å². The standard InChI is InChI=1S/C17H25N3O2/c1-13(2)17(22)20-10-9-19(15(12-20)16(21)18-3)11-14-7-5-4-6-8-14/h4-8,13,15H,9-12H2,1-3H3,(H,18,21)/t15-/m1/s1. The van der Waals surface area contributed by atoms with Crippen LogP contribution in [-0.4, -0.2) is 54.3 Å². The molecule has 22 heavy (non-hydrogen) atoms. The third-order valence-electron chi connectivity index (χ3n) is 4.07.